The van der Waals surface area contributed by atoms with Crippen LogP contribution in [0.3, 0.4) is 0 Å². The van der Waals surface area contributed by atoms with E-state index in [-0.39, 0.29) is 17.9 Å². The average molecular weight is 580 g/mol. The number of hydrogen-bond acceptors (Lipinski definition) is 2. The molecule has 1 aromatic carbocycles. The number of unbranched alkanes of at least 4 members (excludes halogenated alkanes) is 1. The quantitative estimate of drug-likeness (QED) is 0.259. The van der Waals surface area contributed by atoms with Crippen molar-refractivity contribution in [3.8, 4) is 0 Å². The molecule has 4 aliphatic rings. The van der Waals surface area contributed by atoms with Crippen LogP contribution < -0.4 is 0 Å². The number of nitrogens with zero attached hydrogens (tertiary/aromatic N) is 1. The minimum atomic E-state index is -0.0573. The van der Waals surface area contributed by atoms with Gasteiger partial charge in [0.25, 0.3) is 11.8 Å². The lowest BCUT2D eigenvalue weighted by atomic mass is 9.48. The van der Waals surface area contributed by atoms with Gasteiger partial charge in [0, 0.05) is 6.04 Å². The molecule has 0 bridgehead atoms. The monoisotopic (exact) mass is 580 g/mol. The van der Waals surface area contributed by atoms with Gasteiger partial charge in [0.15, 0.2) is 0 Å². The fourth-order valence-corrected chi connectivity index (χ4v) is 10.4. The largest absolute Gasteiger partial charge is 0.271 e. The van der Waals surface area contributed by atoms with E-state index >= 15 is 0 Å². The number of amides is 2. The van der Waals surface area contributed by atoms with Crippen molar-refractivity contribution in [2.45, 2.75) is 152 Å². The second-order valence-electron chi connectivity index (χ2n) is 13.9. The van der Waals surface area contributed by atoms with Crippen LogP contribution in [0, 0.1) is 46.8 Å². The van der Waals surface area contributed by atoms with Crippen molar-refractivity contribution in [1.29, 1.82) is 0 Å². The molecule has 0 spiro atoms. The topological polar surface area (TPSA) is 37.4 Å². The maximum atomic E-state index is 13.4. The van der Waals surface area contributed by atoms with E-state index in [0.717, 1.165) is 61.2 Å². The Balaban J connectivity index is 0.00000116. The van der Waals surface area contributed by atoms with Crippen molar-refractivity contribution < 1.29 is 9.59 Å². The van der Waals surface area contributed by atoms with Crippen LogP contribution in [0.2, 0.25) is 0 Å². The highest BCUT2D eigenvalue weighted by Crippen LogP contribution is 2.66. The summed E-state index contributed by atoms with van der Waals surface area (Å²) in [4.78, 5) is 28.4. The third-order valence-corrected chi connectivity index (χ3v) is 12.1. The highest BCUT2D eigenvalue weighted by Gasteiger charge is 2.59. The lowest BCUT2D eigenvalue weighted by Gasteiger charge is -2.57. The molecule has 3 heteroatoms. The first-order valence-electron chi connectivity index (χ1n) is 18.3. The second kappa shape index (κ2) is 15.9. The molecule has 2 amide bonds. The maximum Gasteiger partial charge on any atom is 0.261 e. The Kier molecular flexibility index (Phi) is 13.2. The number of carbonyl (C=O) groups is 2. The van der Waals surface area contributed by atoms with Gasteiger partial charge < -0.3 is 0 Å². The number of rotatable bonds is 10. The number of fused-ring (bicyclic) bond motifs is 4. The zero-order valence-electron chi connectivity index (χ0n) is 28.9. The Labute approximate surface area is 260 Å². The van der Waals surface area contributed by atoms with Crippen LogP contribution in [0.25, 0.3) is 0 Å². The molecule has 3 fully saturated rings. The van der Waals surface area contributed by atoms with E-state index in [9.17, 15) is 9.59 Å². The van der Waals surface area contributed by atoms with Gasteiger partial charge in [-0.25, -0.2) is 0 Å². The summed E-state index contributed by atoms with van der Waals surface area (Å²) in [5.74, 6) is 5.78. The fourth-order valence-electron chi connectivity index (χ4n) is 10.4. The smallest absolute Gasteiger partial charge is 0.261 e. The average Bonchev–Trinajstić information content (AvgIpc) is 3.51. The first kappa shape index (κ1) is 34.8. The van der Waals surface area contributed by atoms with Crippen molar-refractivity contribution in [1.82, 2.24) is 4.90 Å². The summed E-state index contributed by atoms with van der Waals surface area (Å²) in [6, 6.07) is 7.47. The van der Waals surface area contributed by atoms with E-state index in [1.807, 2.05) is 52.0 Å². The molecule has 3 nitrogen and oxygen atoms in total. The normalized spacial score (nSPS) is 32.9. The van der Waals surface area contributed by atoms with Crippen molar-refractivity contribution >= 4 is 11.8 Å². The van der Waals surface area contributed by atoms with Gasteiger partial charge in [0.1, 0.15) is 0 Å². The fraction of sp³-hybridized carbons (Fsp3) is 0.795. The summed E-state index contributed by atoms with van der Waals surface area (Å²) in [5.41, 5.74) is 1.74. The van der Waals surface area contributed by atoms with Gasteiger partial charge in [-0.1, -0.05) is 113 Å². The van der Waals surface area contributed by atoms with Crippen LogP contribution in [0.5, 0.6) is 0 Å². The van der Waals surface area contributed by atoms with Crippen molar-refractivity contribution in [3.63, 3.8) is 0 Å². The minimum Gasteiger partial charge on any atom is -0.271 e. The molecule has 0 radical (unpaired) electrons. The predicted octanol–water partition coefficient (Wildman–Crippen LogP) is 11.2. The molecule has 3 aliphatic carbocycles. The number of benzene rings is 1. The van der Waals surface area contributed by atoms with E-state index in [4.69, 9.17) is 0 Å². The standard InChI is InChI=1S/C35H53NO2.2C2H6/c1-6-9-13-27(36-33(37)29-14-10-11-15-30(29)34(36)38)21-24-16-17-28-25(20-24)22-26(8-3)35(5)31(18-19-32(28)35)23(4)12-7-2;2*1-2/h10-11,14-15,23-28,31-32H,6-9,12-13,16-22H2,1-5H3;2*1-2H3/t23?,24?,25?,26-,27-,28?,31+,32?,35+;;/m0../s1. The van der Waals surface area contributed by atoms with Crippen LogP contribution in [-0.4, -0.2) is 22.8 Å². The van der Waals surface area contributed by atoms with Crippen molar-refractivity contribution in [2.24, 2.45) is 46.8 Å². The van der Waals surface area contributed by atoms with E-state index in [1.165, 1.54) is 57.8 Å². The van der Waals surface area contributed by atoms with Crippen LogP contribution in [0.15, 0.2) is 24.3 Å². The predicted molar refractivity (Wildman–Crippen MR) is 179 cm³/mol. The summed E-state index contributed by atoms with van der Waals surface area (Å²) >= 11 is 0. The van der Waals surface area contributed by atoms with Crippen molar-refractivity contribution in [2.75, 3.05) is 0 Å². The summed E-state index contributed by atoms with van der Waals surface area (Å²) < 4.78 is 0. The van der Waals surface area contributed by atoms with Crippen molar-refractivity contribution in [3.05, 3.63) is 35.4 Å². The summed E-state index contributed by atoms with van der Waals surface area (Å²) in [5, 5.41) is 0. The van der Waals surface area contributed by atoms with Gasteiger partial charge in [-0.3, -0.25) is 14.5 Å². The highest BCUT2D eigenvalue weighted by molar-refractivity contribution is 6.21. The zero-order chi connectivity index (χ0) is 31.0. The lowest BCUT2D eigenvalue weighted by Crippen LogP contribution is -2.50. The molecule has 42 heavy (non-hydrogen) atoms. The molecule has 1 heterocycles. The van der Waals surface area contributed by atoms with Crippen LogP contribution in [0.1, 0.15) is 167 Å². The first-order valence-corrected chi connectivity index (χ1v) is 18.3. The van der Waals surface area contributed by atoms with E-state index in [2.05, 4.69) is 34.6 Å². The molecule has 0 N–H and O–H groups in total. The highest BCUT2D eigenvalue weighted by atomic mass is 16.2. The minimum absolute atomic E-state index is 0.0467. The molecule has 1 aliphatic heterocycles. The Morgan fingerprint density at radius 1 is 0.857 bits per heavy atom. The first-order chi connectivity index (χ1) is 20.3. The van der Waals surface area contributed by atoms with E-state index in [0.29, 0.717) is 22.5 Å². The molecule has 5 unspecified atom stereocenters. The van der Waals surface area contributed by atoms with Gasteiger partial charge in [0.05, 0.1) is 11.1 Å². The third kappa shape index (κ3) is 6.56. The number of imide groups is 1. The molecule has 9 atom stereocenters. The Morgan fingerprint density at radius 3 is 2.07 bits per heavy atom. The lowest BCUT2D eigenvalue weighted by molar-refractivity contribution is -0.0814. The molecule has 5 rings (SSSR count). The van der Waals surface area contributed by atoms with Gasteiger partial charge in [0.2, 0.25) is 0 Å². The Bertz CT molecular complexity index is 967. The number of carbonyl (C=O) groups excluding carboxylic acids is 2. The van der Waals surface area contributed by atoms with Crippen LogP contribution >= 0.6 is 0 Å². The van der Waals surface area contributed by atoms with Crippen LogP contribution in [-0.2, 0) is 0 Å². The van der Waals surface area contributed by atoms with Gasteiger partial charge in [-0.2, -0.15) is 0 Å². The molecule has 1 aromatic rings. The number of hydrogen-bond donors (Lipinski definition) is 0. The molecule has 0 saturated heterocycles. The van der Waals surface area contributed by atoms with Gasteiger partial charge in [-0.05, 0) is 104 Å². The molecular weight excluding hydrogens is 514 g/mol. The molecular formula is C39H65NO2. The summed E-state index contributed by atoms with van der Waals surface area (Å²) in [6.45, 7) is 20.3. The maximum absolute atomic E-state index is 13.4. The summed E-state index contributed by atoms with van der Waals surface area (Å²) in [7, 11) is 0. The SMILES string of the molecule is CC.CC.CCCC[C@@H](CC1CCC2C(C1)C[C@H](CC)[C@@]1(C)C2CC[C@@H]1C(C)CCC)N1C(=O)c2ccccc2C1=O. The van der Waals surface area contributed by atoms with E-state index in [1.54, 1.807) is 4.90 Å². The van der Waals surface area contributed by atoms with Gasteiger partial charge in [-0.15, -0.1) is 0 Å². The summed E-state index contributed by atoms with van der Waals surface area (Å²) in [6.07, 6.45) is 16.4. The molecule has 238 valence electrons. The zero-order valence-corrected chi connectivity index (χ0v) is 28.9. The van der Waals surface area contributed by atoms with E-state index < -0.39 is 0 Å². The second-order valence-corrected chi connectivity index (χ2v) is 13.9. The third-order valence-electron chi connectivity index (χ3n) is 12.1. The van der Waals surface area contributed by atoms with Crippen LogP contribution in [0.4, 0.5) is 0 Å². The Hall–Kier alpha value is -1.64. The Morgan fingerprint density at radius 2 is 1.50 bits per heavy atom. The molecule has 0 aromatic heterocycles. The molecule has 3 saturated carbocycles. The van der Waals surface area contributed by atoms with Gasteiger partial charge >= 0.3 is 0 Å².